The molecule has 2 aromatic rings. The van der Waals surface area contributed by atoms with Gasteiger partial charge in [-0.25, -0.2) is 0 Å². The lowest BCUT2D eigenvalue weighted by atomic mass is 10.1. The van der Waals surface area contributed by atoms with Gasteiger partial charge in [0.05, 0.1) is 6.54 Å². The zero-order chi connectivity index (χ0) is 16.7. The number of para-hydroxylation sites is 1. The van der Waals surface area contributed by atoms with E-state index in [1.54, 1.807) is 0 Å². The Bertz CT molecular complexity index is 634. The van der Waals surface area contributed by atoms with Crippen LogP contribution in [0.4, 0.5) is 11.4 Å². The number of hydrogen-bond donors (Lipinski definition) is 3. The van der Waals surface area contributed by atoms with Crippen molar-refractivity contribution in [2.24, 2.45) is 5.73 Å². The van der Waals surface area contributed by atoms with Crippen molar-refractivity contribution >= 4 is 17.3 Å². The van der Waals surface area contributed by atoms with Gasteiger partial charge in [-0.1, -0.05) is 18.2 Å². The first kappa shape index (κ1) is 16.8. The van der Waals surface area contributed by atoms with Gasteiger partial charge in [0.15, 0.2) is 0 Å². The van der Waals surface area contributed by atoms with Crippen molar-refractivity contribution in [1.29, 1.82) is 0 Å². The summed E-state index contributed by atoms with van der Waals surface area (Å²) in [7, 11) is 0. The molecule has 0 heterocycles. The van der Waals surface area contributed by atoms with Gasteiger partial charge < -0.3 is 21.1 Å². The van der Waals surface area contributed by atoms with Crippen molar-refractivity contribution in [3.8, 4) is 5.75 Å². The summed E-state index contributed by atoms with van der Waals surface area (Å²) >= 11 is 0. The standard InChI is InChI=1S/C18H23N3O2/c1-13-4-3-5-14(2)18(13)20-12-17(22)21-15-6-8-16(9-7-15)23-11-10-19/h3-9,20H,10-12,19H2,1-2H3,(H,21,22). The van der Waals surface area contributed by atoms with E-state index in [1.165, 1.54) is 0 Å². The lowest BCUT2D eigenvalue weighted by molar-refractivity contribution is -0.114. The summed E-state index contributed by atoms with van der Waals surface area (Å²) in [6.07, 6.45) is 0. The van der Waals surface area contributed by atoms with E-state index in [1.807, 2.05) is 56.3 Å². The van der Waals surface area contributed by atoms with E-state index in [9.17, 15) is 4.79 Å². The molecule has 2 rings (SSSR count). The van der Waals surface area contributed by atoms with Gasteiger partial charge in [0.2, 0.25) is 5.91 Å². The van der Waals surface area contributed by atoms with E-state index in [0.29, 0.717) is 13.2 Å². The third-order valence-corrected chi connectivity index (χ3v) is 3.43. The fourth-order valence-electron chi connectivity index (χ4n) is 2.28. The minimum atomic E-state index is -0.0942. The van der Waals surface area contributed by atoms with Gasteiger partial charge in [0, 0.05) is 17.9 Å². The predicted octanol–water partition coefficient (Wildman–Crippen LogP) is 2.69. The van der Waals surface area contributed by atoms with Crippen molar-refractivity contribution in [3.05, 3.63) is 53.6 Å². The van der Waals surface area contributed by atoms with Crippen molar-refractivity contribution in [3.63, 3.8) is 0 Å². The molecule has 0 spiro atoms. The molecule has 2 aromatic carbocycles. The highest BCUT2D eigenvalue weighted by atomic mass is 16.5. The van der Waals surface area contributed by atoms with Crippen LogP contribution in [0.15, 0.2) is 42.5 Å². The highest BCUT2D eigenvalue weighted by Gasteiger charge is 2.06. The van der Waals surface area contributed by atoms with E-state index in [-0.39, 0.29) is 12.5 Å². The molecule has 0 atom stereocenters. The summed E-state index contributed by atoms with van der Waals surface area (Å²) in [5.74, 6) is 0.644. The number of nitrogens with two attached hydrogens (primary N) is 1. The van der Waals surface area contributed by atoms with Crippen molar-refractivity contribution in [2.45, 2.75) is 13.8 Å². The van der Waals surface area contributed by atoms with Crippen LogP contribution in [-0.2, 0) is 4.79 Å². The maximum Gasteiger partial charge on any atom is 0.243 e. The molecule has 4 N–H and O–H groups in total. The third-order valence-electron chi connectivity index (χ3n) is 3.43. The first-order valence-corrected chi connectivity index (χ1v) is 7.63. The maximum absolute atomic E-state index is 12.0. The van der Waals surface area contributed by atoms with E-state index >= 15 is 0 Å². The number of amides is 1. The highest BCUT2D eigenvalue weighted by molar-refractivity contribution is 5.94. The van der Waals surface area contributed by atoms with Crippen LogP contribution in [0.1, 0.15) is 11.1 Å². The average Bonchev–Trinajstić information content (AvgIpc) is 2.54. The van der Waals surface area contributed by atoms with Crippen molar-refractivity contribution < 1.29 is 9.53 Å². The Hall–Kier alpha value is -2.53. The second-order valence-electron chi connectivity index (χ2n) is 5.33. The second kappa shape index (κ2) is 8.19. The first-order chi connectivity index (χ1) is 11.1. The molecule has 0 bridgehead atoms. The summed E-state index contributed by atoms with van der Waals surface area (Å²) in [6.45, 7) is 5.21. The Morgan fingerprint density at radius 3 is 2.35 bits per heavy atom. The number of rotatable bonds is 7. The topological polar surface area (TPSA) is 76.4 Å². The molecule has 0 fully saturated rings. The van der Waals surface area contributed by atoms with Crippen LogP contribution in [0.5, 0.6) is 5.75 Å². The van der Waals surface area contributed by atoms with Crippen molar-refractivity contribution in [2.75, 3.05) is 30.3 Å². The summed E-state index contributed by atoms with van der Waals surface area (Å²) in [5.41, 5.74) is 9.38. The minimum Gasteiger partial charge on any atom is -0.492 e. The Balaban J connectivity index is 1.87. The number of carbonyl (C=O) groups is 1. The molecule has 0 radical (unpaired) electrons. The minimum absolute atomic E-state index is 0.0942. The van der Waals surface area contributed by atoms with Gasteiger partial charge in [0.25, 0.3) is 0 Å². The molecule has 5 heteroatoms. The van der Waals surface area contributed by atoms with Gasteiger partial charge >= 0.3 is 0 Å². The van der Waals surface area contributed by atoms with E-state index in [4.69, 9.17) is 10.5 Å². The zero-order valence-electron chi connectivity index (χ0n) is 13.6. The number of carbonyl (C=O) groups excluding carboxylic acids is 1. The van der Waals surface area contributed by atoms with Crippen LogP contribution in [0.25, 0.3) is 0 Å². The molecule has 0 aliphatic heterocycles. The number of benzene rings is 2. The molecule has 122 valence electrons. The first-order valence-electron chi connectivity index (χ1n) is 7.63. The van der Waals surface area contributed by atoms with Gasteiger partial charge in [-0.3, -0.25) is 4.79 Å². The molecule has 0 aliphatic rings. The van der Waals surface area contributed by atoms with Crippen LogP contribution < -0.4 is 21.1 Å². The molecule has 23 heavy (non-hydrogen) atoms. The summed E-state index contributed by atoms with van der Waals surface area (Å²) < 4.78 is 5.40. The highest BCUT2D eigenvalue weighted by Crippen LogP contribution is 2.19. The van der Waals surface area contributed by atoms with Gasteiger partial charge in [0.1, 0.15) is 12.4 Å². The van der Waals surface area contributed by atoms with Crippen LogP contribution in [0, 0.1) is 13.8 Å². The molecule has 1 amide bonds. The van der Waals surface area contributed by atoms with E-state index < -0.39 is 0 Å². The van der Waals surface area contributed by atoms with Gasteiger partial charge in [-0.2, -0.15) is 0 Å². The summed E-state index contributed by atoms with van der Waals surface area (Å²) in [5, 5.41) is 6.04. The molecular weight excluding hydrogens is 290 g/mol. The SMILES string of the molecule is Cc1cccc(C)c1NCC(=O)Nc1ccc(OCCN)cc1. The molecule has 5 nitrogen and oxygen atoms in total. The Morgan fingerprint density at radius 1 is 1.09 bits per heavy atom. The van der Waals surface area contributed by atoms with Crippen LogP contribution in [0.2, 0.25) is 0 Å². The Labute approximate surface area is 136 Å². The van der Waals surface area contributed by atoms with Gasteiger partial charge in [-0.05, 0) is 49.2 Å². The molecule has 0 saturated carbocycles. The Morgan fingerprint density at radius 2 is 1.74 bits per heavy atom. The largest absolute Gasteiger partial charge is 0.492 e. The molecule has 0 aliphatic carbocycles. The number of ether oxygens (including phenoxy) is 1. The van der Waals surface area contributed by atoms with Gasteiger partial charge in [-0.15, -0.1) is 0 Å². The zero-order valence-corrected chi connectivity index (χ0v) is 13.6. The normalized spacial score (nSPS) is 10.2. The predicted molar refractivity (Wildman–Crippen MR) is 94.0 cm³/mol. The maximum atomic E-state index is 12.0. The summed E-state index contributed by atoms with van der Waals surface area (Å²) in [6, 6.07) is 13.3. The van der Waals surface area contributed by atoms with E-state index in [0.717, 1.165) is 28.3 Å². The van der Waals surface area contributed by atoms with E-state index in [2.05, 4.69) is 10.6 Å². The summed E-state index contributed by atoms with van der Waals surface area (Å²) in [4.78, 5) is 12.0. The lowest BCUT2D eigenvalue weighted by Crippen LogP contribution is -2.22. The number of aryl methyl sites for hydroxylation is 2. The smallest absolute Gasteiger partial charge is 0.243 e. The quantitative estimate of drug-likeness (QED) is 0.734. The number of anilines is 2. The van der Waals surface area contributed by atoms with Crippen molar-refractivity contribution in [1.82, 2.24) is 0 Å². The molecular formula is C18H23N3O2. The fraction of sp³-hybridized carbons (Fsp3) is 0.278. The number of nitrogens with one attached hydrogen (secondary N) is 2. The Kier molecular flexibility index (Phi) is 6.00. The monoisotopic (exact) mass is 313 g/mol. The second-order valence-corrected chi connectivity index (χ2v) is 5.33. The molecule has 0 saturated heterocycles. The van der Waals surface area contributed by atoms with Crippen LogP contribution in [-0.4, -0.2) is 25.6 Å². The van der Waals surface area contributed by atoms with Crippen LogP contribution in [0.3, 0.4) is 0 Å². The number of hydrogen-bond acceptors (Lipinski definition) is 4. The lowest BCUT2D eigenvalue weighted by Gasteiger charge is -2.13. The molecule has 0 aromatic heterocycles. The molecule has 0 unspecified atom stereocenters. The third kappa shape index (κ3) is 5.00. The van der Waals surface area contributed by atoms with Crippen LogP contribution >= 0.6 is 0 Å². The fourth-order valence-corrected chi connectivity index (χ4v) is 2.28. The average molecular weight is 313 g/mol.